The van der Waals surface area contributed by atoms with E-state index in [1.54, 1.807) is 0 Å². The summed E-state index contributed by atoms with van der Waals surface area (Å²) in [6.45, 7) is 11.3. The topological polar surface area (TPSA) is 21.3 Å². The lowest BCUT2D eigenvalue weighted by Gasteiger charge is -2.25. The molecule has 0 saturated heterocycles. The van der Waals surface area contributed by atoms with Crippen molar-refractivity contribution in [3.05, 3.63) is 28.2 Å². The van der Waals surface area contributed by atoms with Gasteiger partial charge in [-0.15, -0.1) is 0 Å². The molecule has 2 nitrogen and oxygen atoms in total. The molecular formula is C14H22BrNO. The van der Waals surface area contributed by atoms with Crippen molar-refractivity contribution in [2.45, 2.75) is 27.7 Å². The number of hydrogen-bond acceptors (Lipinski definition) is 2. The van der Waals surface area contributed by atoms with Crippen LogP contribution in [0.4, 0.5) is 0 Å². The predicted octanol–water partition coefficient (Wildman–Crippen LogP) is 3.77. The van der Waals surface area contributed by atoms with E-state index in [-0.39, 0.29) is 5.41 Å². The van der Waals surface area contributed by atoms with Crippen molar-refractivity contribution in [3.63, 3.8) is 0 Å². The van der Waals surface area contributed by atoms with Crippen LogP contribution in [0.25, 0.3) is 0 Å². The Labute approximate surface area is 113 Å². The normalized spacial score (nSPS) is 11.6. The van der Waals surface area contributed by atoms with E-state index >= 15 is 0 Å². The molecule has 96 valence electrons. The van der Waals surface area contributed by atoms with Gasteiger partial charge in [0.1, 0.15) is 5.75 Å². The van der Waals surface area contributed by atoms with Gasteiger partial charge in [-0.1, -0.05) is 42.8 Å². The molecule has 0 aliphatic carbocycles. The Morgan fingerprint density at radius 1 is 1.35 bits per heavy atom. The Balaban J connectivity index is 2.57. The SMILES string of the molecule is CCNCC(C)(C)COc1cc(Br)ccc1C. The van der Waals surface area contributed by atoms with E-state index in [0.717, 1.165) is 29.9 Å². The van der Waals surface area contributed by atoms with Crippen LogP contribution in [0.5, 0.6) is 5.75 Å². The zero-order chi connectivity index (χ0) is 12.9. The first-order valence-electron chi connectivity index (χ1n) is 6.04. The quantitative estimate of drug-likeness (QED) is 0.863. The molecule has 0 fully saturated rings. The van der Waals surface area contributed by atoms with Gasteiger partial charge < -0.3 is 10.1 Å². The van der Waals surface area contributed by atoms with Crippen LogP contribution in [0.15, 0.2) is 22.7 Å². The lowest BCUT2D eigenvalue weighted by atomic mass is 9.95. The number of hydrogen-bond donors (Lipinski definition) is 1. The third kappa shape index (κ3) is 5.09. The Hall–Kier alpha value is -0.540. The number of benzene rings is 1. The maximum atomic E-state index is 5.91. The van der Waals surface area contributed by atoms with Gasteiger partial charge >= 0.3 is 0 Å². The number of ether oxygens (including phenoxy) is 1. The summed E-state index contributed by atoms with van der Waals surface area (Å²) in [7, 11) is 0. The van der Waals surface area contributed by atoms with E-state index in [2.05, 4.69) is 55.0 Å². The van der Waals surface area contributed by atoms with Crippen LogP contribution in [0.2, 0.25) is 0 Å². The fraction of sp³-hybridized carbons (Fsp3) is 0.571. The Morgan fingerprint density at radius 2 is 2.06 bits per heavy atom. The van der Waals surface area contributed by atoms with Crippen molar-refractivity contribution in [1.82, 2.24) is 5.32 Å². The minimum atomic E-state index is 0.144. The minimum absolute atomic E-state index is 0.144. The number of aryl methyl sites for hydroxylation is 1. The first-order chi connectivity index (χ1) is 7.94. The molecule has 0 spiro atoms. The number of nitrogens with one attached hydrogen (secondary N) is 1. The fourth-order valence-corrected chi connectivity index (χ4v) is 1.86. The molecule has 1 rings (SSSR count). The van der Waals surface area contributed by atoms with E-state index in [9.17, 15) is 0 Å². The average molecular weight is 300 g/mol. The van der Waals surface area contributed by atoms with Crippen LogP contribution in [0.1, 0.15) is 26.3 Å². The molecule has 0 atom stereocenters. The van der Waals surface area contributed by atoms with Crippen LogP contribution in [0, 0.1) is 12.3 Å². The third-order valence-electron chi connectivity index (χ3n) is 2.62. The van der Waals surface area contributed by atoms with Crippen molar-refractivity contribution in [2.75, 3.05) is 19.7 Å². The van der Waals surface area contributed by atoms with Crippen molar-refractivity contribution < 1.29 is 4.74 Å². The second-order valence-electron chi connectivity index (χ2n) is 5.14. The van der Waals surface area contributed by atoms with Gasteiger partial charge in [-0.2, -0.15) is 0 Å². The molecule has 0 saturated carbocycles. The molecule has 0 aliphatic rings. The van der Waals surface area contributed by atoms with Gasteiger partial charge in [0.25, 0.3) is 0 Å². The summed E-state index contributed by atoms with van der Waals surface area (Å²) in [6, 6.07) is 6.13. The smallest absolute Gasteiger partial charge is 0.123 e. The minimum Gasteiger partial charge on any atom is -0.493 e. The highest BCUT2D eigenvalue weighted by Crippen LogP contribution is 2.25. The van der Waals surface area contributed by atoms with Gasteiger partial charge in [0.2, 0.25) is 0 Å². The number of halogens is 1. The summed E-state index contributed by atoms with van der Waals surface area (Å²) >= 11 is 3.47. The third-order valence-corrected chi connectivity index (χ3v) is 3.12. The van der Waals surface area contributed by atoms with E-state index < -0.39 is 0 Å². The molecule has 0 radical (unpaired) electrons. The van der Waals surface area contributed by atoms with Crippen molar-refractivity contribution in [1.29, 1.82) is 0 Å². The van der Waals surface area contributed by atoms with Gasteiger partial charge in [0.05, 0.1) is 6.61 Å². The highest BCUT2D eigenvalue weighted by Gasteiger charge is 2.18. The molecule has 1 N–H and O–H groups in total. The van der Waals surface area contributed by atoms with Crippen LogP contribution in [0.3, 0.4) is 0 Å². The standard InChI is InChI=1S/C14H22BrNO/c1-5-16-9-14(3,4)10-17-13-8-12(15)7-6-11(13)2/h6-8,16H,5,9-10H2,1-4H3. The molecule has 0 amide bonds. The fourth-order valence-electron chi connectivity index (χ4n) is 1.52. The molecule has 1 aromatic carbocycles. The molecule has 0 aliphatic heterocycles. The maximum Gasteiger partial charge on any atom is 0.123 e. The highest BCUT2D eigenvalue weighted by molar-refractivity contribution is 9.10. The second kappa shape index (κ2) is 6.41. The zero-order valence-corrected chi connectivity index (χ0v) is 12.7. The Morgan fingerprint density at radius 3 is 2.71 bits per heavy atom. The summed E-state index contributed by atoms with van der Waals surface area (Å²) in [4.78, 5) is 0. The molecule has 0 heterocycles. The molecule has 0 bridgehead atoms. The van der Waals surface area contributed by atoms with Crippen molar-refractivity contribution in [3.8, 4) is 5.75 Å². The second-order valence-corrected chi connectivity index (χ2v) is 6.06. The van der Waals surface area contributed by atoms with Gasteiger partial charge in [-0.05, 0) is 31.2 Å². The summed E-state index contributed by atoms with van der Waals surface area (Å²) in [5.74, 6) is 0.962. The van der Waals surface area contributed by atoms with E-state index in [0.29, 0.717) is 0 Å². The molecule has 17 heavy (non-hydrogen) atoms. The summed E-state index contributed by atoms with van der Waals surface area (Å²) in [5, 5.41) is 3.36. The van der Waals surface area contributed by atoms with Crippen LogP contribution < -0.4 is 10.1 Å². The van der Waals surface area contributed by atoms with Crippen molar-refractivity contribution in [2.24, 2.45) is 5.41 Å². The molecular weight excluding hydrogens is 278 g/mol. The Kier molecular flexibility index (Phi) is 5.47. The first-order valence-corrected chi connectivity index (χ1v) is 6.83. The average Bonchev–Trinajstić information content (AvgIpc) is 2.28. The van der Waals surface area contributed by atoms with E-state index in [1.807, 2.05) is 12.1 Å². The number of rotatable bonds is 6. The molecule has 0 aromatic heterocycles. The monoisotopic (exact) mass is 299 g/mol. The van der Waals surface area contributed by atoms with Gasteiger partial charge in [0.15, 0.2) is 0 Å². The largest absolute Gasteiger partial charge is 0.493 e. The van der Waals surface area contributed by atoms with Crippen LogP contribution in [-0.2, 0) is 0 Å². The highest BCUT2D eigenvalue weighted by atomic mass is 79.9. The molecule has 1 aromatic rings. The van der Waals surface area contributed by atoms with E-state index in [4.69, 9.17) is 4.74 Å². The summed E-state index contributed by atoms with van der Waals surface area (Å²) in [5.41, 5.74) is 1.32. The summed E-state index contributed by atoms with van der Waals surface area (Å²) in [6.07, 6.45) is 0. The summed E-state index contributed by atoms with van der Waals surface area (Å²) < 4.78 is 6.97. The van der Waals surface area contributed by atoms with Crippen LogP contribution >= 0.6 is 15.9 Å². The molecule has 0 unspecified atom stereocenters. The zero-order valence-electron chi connectivity index (χ0n) is 11.1. The molecule has 3 heteroatoms. The lowest BCUT2D eigenvalue weighted by molar-refractivity contribution is 0.176. The predicted molar refractivity (Wildman–Crippen MR) is 76.7 cm³/mol. The van der Waals surface area contributed by atoms with Gasteiger partial charge in [-0.3, -0.25) is 0 Å². The van der Waals surface area contributed by atoms with E-state index in [1.165, 1.54) is 5.56 Å². The lowest BCUT2D eigenvalue weighted by Crippen LogP contribution is -2.34. The maximum absolute atomic E-state index is 5.91. The van der Waals surface area contributed by atoms with Gasteiger partial charge in [-0.25, -0.2) is 0 Å². The van der Waals surface area contributed by atoms with Crippen LogP contribution in [-0.4, -0.2) is 19.7 Å². The first kappa shape index (κ1) is 14.5. The van der Waals surface area contributed by atoms with Crippen molar-refractivity contribution >= 4 is 15.9 Å². The van der Waals surface area contributed by atoms with Gasteiger partial charge in [0, 0.05) is 16.4 Å². The Bertz CT molecular complexity index is 363.